The molecule has 0 spiro atoms. The van der Waals surface area contributed by atoms with Gasteiger partial charge in [-0.1, -0.05) is 18.2 Å². The van der Waals surface area contributed by atoms with Crippen LogP contribution >= 0.6 is 0 Å². The van der Waals surface area contributed by atoms with Crippen LogP contribution in [-0.4, -0.2) is 17.9 Å². The summed E-state index contributed by atoms with van der Waals surface area (Å²) >= 11 is 0. The molecule has 0 saturated heterocycles. The quantitative estimate of drug-likeness (QED) is 0.879. The predicted octanol–water partition coefficient (Wildman–Crippen LogP) is 2.78. The Labute approximate surface area is 103 Å². The van der Waals surface area contributed by atoms with Gasteiger partial charge in [-0.05, 0) is 35.4 Å². The first-order valence-electron chi connectivity index (χ1n) is 5.47. The fourth-order valence-corrected chi connectivity index (χ4v) is 1.88. The van der Waals surface area contributed by atoms with E-state index in [0.717, 1.165) is 22.6 Å². The summed E-state index contributed by atoms with van der Waals surface area (Å²) in [5, 5.41) is 8.84. The van der Waals surface area contributed by atoms with Gasteiger partial charge in [-0.3, -0.25) is 0 Å². The number of aromatic carboxylic acids is 1. The van der Waals surface area contributed by atoms with Gasteiger partial charge in [0.1, 0.15) is 0 Å². The summed E-state index contributed by atoms with van der Waals surface area (Å²) in [5.74, 6) is 0.531. The van der Waals surface area contributed by atoms with E-state index in [1.165, 1.54) is 0 Å². The highest BCUT2D eigenvalue weighted by molar-refractivity contribution is 5.88. The summed E-state index contributed by atoms with van der Waals surface area (Å²) in [7, 11) is 0. The van der Waals surface area contributed by atoms with Crippen LogP contribution in [0.1, 0.15) is 10.4 Å². The van der Waals surface area contributed by atoms with Crippen LogP contribution < -0.4 is 9.47 Å². The number of carboxylic acid groups (broad SMARTS) is 1. The summed E-state index contributed by atoms with van der Waals surface area (Å²) in [6, 6.07) is 12.4. The molecule has 0 amide bonds. The molecule has 3 rings (SSSR count). The molecule has 1 N–H and O–H groups in total. The van der Waals surface area contributed by atoms with Crippen molar-refractivity contribution >= 4 is 5.97 Å². The molecule has 0 unspecified atom stereocenters. The van der Waals surface area contributed by atoms with Crippen molar-refractivity contribution in [3.8, 4) is 22.6 Å². The van der Waals surface area contributed by atoms with Crippen molar-refractivity contribution in [2.45, 2.75) is 0 Å². The molecule has 0 atom stereocenters. The monoisotopic (exact) mass is 242 g/mol. The van der Waals surface area contributed by atoms with E-state index in [9.17, 15) is 4.79 Å². The molecule has 1 aliphatic rings. The SMILES string of the molecule is O=C(O)c1ccc(-c2ccc3c(c2)OCO3)cc1. The van der Waals surface area contributed by atoms with Crippen LogP contribution in [0.2, 0.25) is 0 Å². The highest BCUT2D eigenvalue weighted by Gasteiger charge is 2.13. The summed E-state index contributed by atoms with van der Waals surface area (Å²) < 4.78 is 10.5. The third kappa shape index (κ3) is 1.78. The van der Waals surface area contributed by atoms with E-state index in [1.807, 2.05) is 18.2 Å². The van der Waals surface area contributed by atoms with Crippen LogP contribution in [0.25, 0.3) is 11.1 Å². The zero-order valence-electron chi connectivity index (χ0n) is 9.42. The van der Waals surface area contributed by atoms with Crippen molar-refractivity contribution in [2.75, 3.05) is 6.79 Å². The Morgan fingerprint density at radius 2 is 1.61 bits per heavy atom. The molecule has 1 heterocycles. The summed E-state index contributed by atoms with van der Waals surface area (Å²) in [5.41, 5.74) is 2.19. The van der Waals surface area contributed by atoms with E-state index in [2.05, 4.69) is 0 Å². The Morgan fingerprint density at radius 1 is 0.944 bits per heavy atom. The second kappa shape index (κ2) is 4.07. The number of rotatable bonds is 2. The topological polar surface area (TPSA) is 55.8 Å². The fraction of sp³-hybridized carbons (Fsp3) is 0.0714. The van der Waals surface area contributed by atoms with Crippen molar-refractivity contribution < 1.29 is 19.4 Å². The lowest BCUT2D eigenvalue weighted by atomic mass is 10.0. The molecule has 18 heavy (non-hydrogen) atoms. The van der Waals surface area contributed by atoms with Crippen LogP contribution in [0, 0.1) is 0 Å². The minimum Gasteiger partial charge on any atom is -0.478 e. The second-order valence-corrected chi connectivity index (χ2v) is 3.95. The van der Waals surface area contributed by atoms with Crippen LogP contribution in [0.4, 0.5) is 0 Å². The van der Waals surface area contributed by atoms with Crippen molar-refractivity contribution in [1.29, 1.82) is 0 Å². The third-order valence-corrected chi connectivity index (χ3v) is 2.84. The number of hydrogen-bond acceptors (Lipinski definition) is 3. The molecule has 90 valence electrons. The predicted molar refractivity (Wildman–Crippen MR) is 65.0 cm³/mol. The van der Waals surface area contributed by atoms with E-state index in [-0.39, 0.29) is 12.4 Å². The fourth-order valence-electron chi connectivity index (χ4n) is 1.88. The number of carboxylic acids is 1. The largest absolute Gasteiger partial charge is 0.478 e. The molecule has 2 aromatic rings. The molecule has 4 heteroatoms. The maximum absolute atomic E-state index is 10.8. The molecule has 0 radical (unpaired) electrons. The Hall–Kier alpha value is -2.49. The van der Waals surface area contributed by atoms with E-state index in [4.69, 9.17) is 14.6 Å². The Balaban J connectivity index is 1.97. The average Bonchev–Trinajstić information content (AvgIpc) is 2.86. The van der Waals surface area contributed by atoms with Gasteiger partial charge in [-0.25, -0.2) is 4.79 Å². The Morgan fingerprint density at radius 3 is 2.33 bits per heavy atom. The van der Waals surface area contributed by atoms with Gasteiger partial charge in [0.2, 0.25) is 6.79 Å². The van der Waals surface area contributed by atoms with Gasteiger partial charge in [-0.2, -0.15) is 0 Å². The number of carbonyl (C=O) groups is 1. The zero-order valence-corrected chi connectivity index (χ0v) is 9.42. The molecular formula is C14H10O4. The van der Waals surface area contributed by atoms with E-state index in [1.54, 1.807) is 24.3 Å². The van der Waals surface area contributed by atoms with Crippen molar-refractivity contribution in [1.82, 2.24) is 0 Å². The molecule has 4 nitrogen and oxygen atoms in total. The van der Waals surface area contributed by atoms with Crippen LogP contribution in [0.15, 0.2) is 42.5 Å². The second-order valence-electron chi connectivity index (χ2n) is 3.95. The first kappa shape index (κ1) is 10.7. The molecule has 1 aliphatic heterocycles. The first-order chi connectivity index (χ1) is 8.74. The summed E-state index contributed by atoms with van der Waals surface area (Å²) in [6.07, 6.45) is 0. The maximum Gasteiger partial charge on any atom is 0.335 e. The van der Waals surface area contributed by atoms with Crippen LogP contribution in [-0.2, 0) is 0 Å². The molecule has 0 aromatic heterocycles. The molecule has 2 aromatic carbocycles. The Kier molecular flexibility index (Phi) is 2.41. The average molecular weight is 242 g/mol. The van der Waals surface area contributed by atoms with Gasteiger partial charge in [0.05, 0.1) is 5.56 Å². The maximum atomic E-state index is 10.8. The normalized spacial score (nSPS) is 12.4. The van der Waals surface area contributed by atoms with Gasteiger partial charge >= 0.3 is 5.97 Å². The van der Waals surface area contributed by atoms with Crippen molar-refractivity contribution in [3.63, 3.8) is 0 Å². The van der Waals surface area contributed by atoms with E-state index < -0.39 is 5.97 Å². The zero-order chi connectivity index (χ0) is 12.5. The highest BCUT2D eigenvalue weighted by Crippen LogP contribution is 2.35. The number of hydrogen-bond donors (Lipinski definition) is 1. The van der Waals surface area contributed by atoms with Gasteiger partial charge in [0, 0.05) is 0 Å². The number of fused-ring (bicyclic) bond motifs is 1. The van der Waals surface area contributed by atoms with Gasteiger partial charge < -0.3 is 14.6 Å². The molecule has 0 fully saturated rings. The van der Waals surface area contributed by atoms with Gasteiger partial charge in [-0.15, -0.1) is 0 Å². The van der Waals surface area contributed by atoms with Crippen molar-refractivity contribution in [3.05, 3.63) is 48.0 Å². The minimum absolute atomic E-state index is 0.247. The summed E-state index contributed by atoms with van der Waals surface area (Å²) in [6.45, 7) is 0.247. The van der Waals surface area contributed by atoms with E-state index in [0.29, 0.717) is 0 Å². The first-order valence-corrected chi connectivity index (χ1v) is 5.47. The smallest absolute Gasteiger partial charge is 0.335 e. The molecule has 0 saturated carbocycles. The number of benzene rings is 2. The van der Waals surface area contributed by atoms with Gasteiger partial charge in [0.25, 0.3) is 0 Å². The lowest BCUT2D eigenvalue weighted by molar-refractivity contribution is 0.0697. The van der Waals surface area contributed by atoms with Gasteiger partial charge in [0.15, 0.2) is 11.5 Å². The molecular weight excluding hydrogens is 232 g/mol. The summed E-state index contributed by atoms with van der Waals surface area (Å²) in [4.78, 5) is 10.8. The van der Waals surface area contributed by atoms with Crippen LogP contribution in [0.3, 0.4) is 0 Å². The third-order valence-electron chi connectivity index (χ3n) is 2.84. The molecule has 0 bridgehead atoms. The lowest BCUT2D eigenvalue weighted by Crippen LogP contribution is -1.94. The van der Waals surface area contributed by atoms with E-state index >= 15 is 0 Å². The minimum atomic E-state index is -0.924. The van der Waals surface area contributed by atoms with Crippen LogP contribution in [0.5, 0.6) is 11.5 Å². The lowest BCUT2D eigenvalue weighted by Gasteiger charge is -2.03. The van der Waals surface area contributed by atoms with Crippen molar-refractivity contribution in [2.24, 2.45) is 0 Å². The highest BCUT2D eigenvalue weighted by atomic mass is 16.7. The Bertz CT molecular complexity index is 602. The molecule has 0 aliphatic carbocycles. The standard InChI is InChI=1S/C14H10O4/c15-14(16)10-3-1-9(2-4-10)11-5-6-12-13(7-11)18-8-17-12/h1-7H,8H2,(H,15,16). The number of ether oxygens (including phenoxy) is 2.